The summed E-state index contributed by atoms with van der Waals surface area (Å²) in [4.78, 5) is 29.0. The zero-order valence-electron chi connectivity index (χ0n) is 19.6. The summed E-state index contributed by atoms with van der Waals surface area (Å²) < 4.78 is 27.5. The number of hydrogen-bond donors (Lipinski definition) is 1. The van der Waals surface area contributed by atoms with Crippen LogP contribution in [0, 0.1) is 0 Å². The zero-order valence-corrected chi connectivity index (χ0v) is 20.4. The third-order valence-corrected chi connectivity index (χ3v) is 7.24. The predicted molar refractivity (Wildman–Crippen MR) is 128 cm³/mol. The second-order valence-electron chi connectivity index (χ2n) is 9.39. The maximum Gasteiger partial charge on any atom is 0.253 e. The number of benzene rings is 2. The third kappa shape index (κ3) is 7.14. The number of carbonyl (C=O) groups is 2. The van der Waals surface area contributed by atoms with Crippen LogP contribution < -0.4 is 4.72 Å². The minimum atomic E-state index is -3.65. The first kappa shape index (κ1) is 24.9. The fourth-order valence-electron chi connectivity index (χ4n) is 3.83. The summed E-state index contributed by atoms with van der Waals surface area (Å²) in [6, 6.07) is 16.1. The molecule has 0 atom stereocenters. The lowest BCUT2D eigenvalue weighted by Crippen LogP contribution is -2.50. The molecule has 1 heterocycles. The molecule has 0 aromatic heterocycles. The molecule has 1 saturated heterocycles. The van der Waals surface area contributed by atoms with E-state index in [0.717, 1.165) is 12.8 Å². The minimum Gasteiger partial charge on any atom is -0.339 e. The Bertz CT molecular complexity index is 1050. The molecular formula is C25H33N3O4S. The lowest BCUT2D eigenvalue weighted by molar-refractivity contribution is -0.132. The highest BCUT2D eigenvalue weighted by Gasteiger charge is 2.26. The fourth-order valence-corrected chi connectivity index (χ4v) is 5.25. The Morgan fingerprint density at radius 1 is 0.879 bits per heavy atom. The molecular weight excluding hydrogens is 438 g/mol. The number of sulfonamides is 1. The average Bonchev–Trinajstić information content (AvgIpc) is 2.78. The van der Waals surface area contributed by atoms with E-state index in [-0.39, 0.29) is 16.7 Å². The lowest BCUT2D eigenvalue weighted by atomic mass is 10.1. The quantitative estimate of drug-likeness (QED) is 0.672. The number of rotatable bonds is 7. The van der Waals surface area contributed by atoms with Crippen molar-refractivity contribution >= 4 is 21.8 Å². The van der Waals surface area contributed by atoms with Crippen LogP contribution in [-0.4, -0.2) is 61.7 Å². The molecule has 0 spiro atoms. The molecule has 1 fully saturated rings. The molecule has 3 rings (SSSR count). The molecule has 1 aliphatic heterocycles. The van der Waals surface area contributed by atoms with Crippen molar-refractivity contribution in [2.45, 2.75) is 50.5 Å². The van der Waals surface area contributed by atoms with Crippen molar-refractivity contribution in [2.24, 2.45) is 0 Å². The molecule has 0 aliphatic carbocycles. The number of aryl methyl sites for hydroxylation is 1. The number of nitrogens with zero attached hydrogens (tertiary/aromatic N) is 2. The van der Waals surface area contributed by atoms with E-state index in [0.29, 0.717) is 38.2 Å². The molecule has 2 amide bonds. The maximum absolute atomic E-state index is 12.9. The number of amides is 2. The second kappa shape index (κ2) is 10.5. The van der Waals surface area contributed by atoms with E-state index < -0.39 is 15.6 Å². The molecule has 8 heteroatoms. The minimum absolute atomic E-state index is 0.124. The predicted octanol–water partition coefficient (Wildman–Crippen LogP) is 3.07. The number of piperazine rings is 1. The van der Waals surface area contributed by atoms with Crippen molar-refractivity contribution in [3.05, 3.63) is 65.7 Å². The molecule has 7 nitrogen and oxygen atoms in total. The van der Waals surface area contributed by atoms with Crippen molar-refractivity contribution in [3.63, 3.8) is 0 Å². The number of nitrogens with one attached hydrogen (secondary N) is 1. The van der Waals surface area contributed by atoms with Gasteiger partial charge < -0.3 is 9.80 Å². The summed E-state index contributed by atoms with van der Waals surface area (Å²) in [5.74, 6) is -0.0298. The molecule has 0 radical (unpaired) electrons. The lowest BCUT2D eigenvalue weighted by Gasteiger charge is -2.35. The van der Waals surface area contributed by atoms with Gasteiger partial charge in [-0.2, -0.15) is 0 Å². The van der Waals surface area contributed by atoms with Crippen LogP contribution in [0.3, 0.4) is 0 Å². The number of hydrogen-bond acceptors (Lipinski definition) is 4. The van der Waals surface area contributed by atoms with E-state index in [1.807, 2.05) is 23.1 Å². The van der Waals surface area contributed by atoms with Crippen LogP contribution in [0.5, 0.6) is 0 Å². The van der Waals surface area contributed by atoms with E-state index in [1.54, 1.807) is 37.8 Å². The van der Waals surface area contributed by atoms with Gasteiger partial charge in [0, 0.05) is 43.7 Å². The van der Waals surface area contributed by atoms with Crippen LogP contribution in [0.25, 0.3) is 0 Å². The van der Waals surface area contributed by atoms with Gasteiger partial charge in [-0.25, -0.2) is 13.1 Å². The monoisotopic (exact) mass is 471 g/mol. The first-order chi connectivity index (χ1) is 15.5. The van der Waals surface area contributed by atoms with Crippen LogP contribution in [0.4, 0.5) is 0 Å². The smallest absolute Gasteiger partial charge is 0.253 e. The Labute approximate surface area is 196 Å². The van der Waals surface area contributed by atoms with Gasteiger partial charge >= 0.3 is 0 Å². The Morgan fingerprint density at radius 3 is 2.03 bits per heavy atom. The van der Waals surface area contributed by atoms with E-state index >= 15 is 0 Å². The molecule has 0 bridgehead atoms. The largest absolute Gasteiger partial charge is 0.339 e. The molecule has 2 aromatic carbocycles. The van der Waals surface area contributed by atoms with Crippen molar-refractivity contribution in [3.8, 4) is 0 Å². The van der Waals surface area contributed by atoms with Gasteiger partial charge in [0.15, 0.2) is 0 Å². The molecule has 2 aromatic rings. The highest BCUT2D eigenvalue weighted by atomic mass is 32.2. The summed E-state index contributed by atoms with van der Waals surface area (Å²) >= 11 is 0. The SMILES string of the molecule is CC(C)(C)NS(=O)(=O)c1ccc(C(=O)N2CCN(C(=O)CCCc3ccccc3)CC2)cc1. The normalized spacial score (nSPS) is 14.9. The van der Waals surface area contributed by atoms with Crippen molar-refractivity contribution < 1.29 is 18.0 Å². The molecule has 0 unspecified atom stereocenters. The van der Waals surface area contributed by atoms with E-state index in [4.69, 9.17) is 0 Å². The van der Waals surface area contributed by atoms with E-state index in [1.165, 1.54) is 17.7 Å². The molecule has 1 N–H and O–H groups in total. The highest BCUT2D eigenvalue weighted by molar-refractivity contribution is 7.89. The van der Waals surface area contributed by atoms with Gasteiger partial charge in [0.1, 0.15) is 0 Å². The summed E-state index contributed by atoms with van der Waals surface area (Å²) in [6.07, 6.45) is 2.19. The van der Waals surface area contributed by atoms with Crippen LogP contribution in [0.15, 0.2) is 59.5 Å². The topological polar surface area (TPSA) is 86.8 Å². The van der Waals surface area contributed by atoms with E-state index in [9.17, 15) is 18.0 Å². The standard InChI is InChI=1S/C25H33N3O4S/c1-25(2,3)26-33(31,32)22-14-12-21(13-15-22)24(30)28-18-16-27(17-19-28)23(29)11-7-10-20-8-5-4-6-9-20/h4-6,8-9,12-15,26H,7,10-11,16-19H2,1-3H3. The molecule has 0 saturated carbocycles. The van der Waals surface area contributed by atoms with Gasteiger partial charge in [-0.1, -0.05) is 30.3 Å². The van der Waals surface area contributed by atoms with Gasteiger partial charge in [-0.15, -0.1) is 0 Å². The van der Waals surface area contributed by atoms with Crippen molar-refractivity contribution in [1.82, 2.24) is 14.5 Å². The Kier molecular flexibility index (Phi) is 7.92. The Morgan fingerprint density at radius 2 is 1.45 bits per heavy atom. The van der Waals surface area contributed by atoms with Gasteiger partial charge in [0.25, 0.3) is 5.91 Å². The molecule has 178 valence electrons. The zero-order chi connectivity index (χ0) is 24.1. The molecule has 1 aliphatic rings. The van der Waals surface area contributed by atoms with Gasteiger partial charge in [0.05, 0.1) is 4.90 Å². The average molecular weight is 472 g/mol. The van der Waals surface area contributed by atoms with Crippen molar-refractivity contribution in [1.29, 1.82) is 0 Å². The Balaban J connectivity index is 1.49. The van der Waals surface area contributed by atoms with Crippen LogP contribution in [0.2, 0.25) is 0 Å². The van der Waals surface area contributed by atoms with Crippen LogP contribution in [0.1, 0.15) is 49.5 Å². The summed E-state index contributed by atoms with van der Waals surface area (Å²) in [6.45, 7) is 7.28. The Hall–Kier alpha value is -2.71. The van der Waals surface area contributed by atoms with E-state index in [2.05, 4.69) is 16.9 Å². The van der Waals surface area contributed by atoms with Crippen LogP contribution >= 0.6 is 0 Å². The fraction of sp³-hybridized carbons (Fsp3) is 0.440. The highest BCUT2D eigenvalue weighted by Crippen LogP contribution is 2.16. The first-order valence-corrected chi connectivity index (χ1v) is 12.8. The summed E-state index contributed by atoms with van der Waals surface area (Å²) in [5.41, 5.74) is 1.08. The molecule has 33 heavy (non-hydrogen) atoms. The van der Waals surface area contributed by atoms with Gasteiger partial charge in [0.2, 0.25) is 15.9 Å². The van der Waals surface area contributed by atoms with Gasteiger partial charge in [-0.05, 0) is 63.4 Å². The van der Waals surface area contributed by atoms with Crippen LogP contribution in [-0.2, 0) is 21.2 Å². The van der Waals surface area contributed by atoms with Gasteiger partial charge in [-0.3, -0.25) is 9.59 Å². The number of carbonyl (C=O) groups excluding carboxylic acids is 2. The summed E-state index contributed by atoms with van der Waals surface area (Å²) in [5, 5.41) is 0. The first-order valence-electron chi connectivity index (χ1n) is 11.3. The maximum atomic E-state index is 12.9. The second-order valence-corrected chi connectivity index (χ2v) is 11.1. The van der Waals surface area contributed by atoms with Crippen molar-refractivity contribution in [2.75, 3.05) is 26.2 Å². The third-order valence-electron chi connectivity index (χ3n) is 5.47. The summed E-state index contributed by atoms with van der Waals surface area (Å²) in [7, 11) is -3.65.